The number of piperidine rings is 1. The van der Waals surface area contributed by atoms with E-state index in [-0.39, 0.29) is 0 Å². The Kier molecular flexibility index (Phi) is 8.53. The van der Waals surface area contributed by atoms with E-state index in [4.69, 9.17) is 0 Å². The summed E-state index contributed by atoms with van der Waals surface area (Å²) in [5.41, 5.74) is 1.03. The van der Waals surface area contributed by atoms with Crippen molar-refractivity contribution in [3.05, 3.63) is 29.8 Å². The van der Waals surface area contributed by atoms with Gasteiger partial charge in [-0.2, -0.15) is 4.31 Å². The third-order valence-electron chi connectivity index (χ3n) is 6.22. The Balaban J connectivity index is 1.45. The number of aliphatic imine (C=N–C) groups is 1. The van der Waals surface area contributed by atoms with Crippen molar-refractivity contribution in [2.75, 3.05) is 39.8 Å². The summed E-state index contributed by atoms with van der Waals surface area (Å²) in [7, 11) is -1.57. The number of hydrogen-bond acceptors (Lipinski definition) is 4. The SMILES string of the molecule is CCC1CCCCN1CCNC(=NC)NCc1ccc(S(=O)(=O)N2CCCC2)cc1. The molecule has 8 heteroatoms. The van der Waals surface area contributed by atoms with Crippen molar-refractivity contribution in [1.82, 2.24) is 19.8 Å². The van der Waals surface area contributed by atoms with Gasteiger partial charge in [0.15, 0.2) is 5.96 Å². The Morgan fingerprint density at radius 1 is 1.07 bits per heavy atom. The second kappa shape index (κ2) is 11.1. The first-order valence-corrected chi connectivity index (χ1v) is 12.8. The maximum Gasteiger partial charge on any atom is 0.243 e. The lowest BCUT2D eigenvalue weighted by Crippen LogP contribution is -2.45. The Morgan fingerprint density at radius 2 is 1.77 bits per heavy atom. The van der Waals surface area contributed by atoms with Crippen LogP contribution in [-0.2, 0) is 16.6 Å². The van der Waals surface area contributed by atoms with E-state index in [0.29, 0.717) is 30.6 Å². The molecule has 0 radical (unpaired) electrons. The van der Waals surface area contributed by atoms with E-state index < -0.39 is 10.0 Å². The molecule has 2 saturated heterocycles. The fourth-order valence-corrected chi connectivity index (χ4v) is 5.91. The van der Waals surface area contributed by atoms with Crippen LogP contribution >= 0.6 is 0 Å². The summed E-state index contributed by atoms with van der Waals surface area (Å²) in [6.07, 6.45) is 7.08. The van der Waals surface area contributed by atoms with Crippen molar-refractivity contribution in [1.29, 1.82) is 0 Å². The molecule has 1 atom stereocenters. The molecule has 0 aromatic heterocycles. The molecule has 2 aliphatic rings. The molecule has 2 heterocycles. The molecule has 0 saturated carbocycles. The summed E-state index contributed by atoms with van der Waals surface area (Å²) >= 11 is 0. The van der Waals surface area contributed by atoms with Gasteiger partial charge < -0.3 is 10.6 Å². The van der Waals surface area contributed by atoms with E-state index in [1.807, 2.05) is 12.1 Å². The molecule has 2 fully saturated rings. The average Bonchev–Trinajstić information content (AvgIpc) is 3.32. The third-order valence-corrected chi connectivity index (χ3v) is 8.13. The zero-order chi connectivity index (χ0) is 21.4. The first-order chi connectivity index (χ1) is 14.5. The van der Waals surface area contributed by atoms with Crippen LogP contribution in [0.4, 0.5) is 0 Å². The maximum absolute atomic E-state index is 12.6. The van der Waals surface area contributed by atoms with Gasteiger partial charge in [0.25, 0.3) is 0 Å². The highest BCUT2D eigenvalue weighted by atomic mass is 32.2. The van der Waals surface area contributed by atoms with Gasteiger partial charge in [-0.15, -0.1) is 0 Å². The van der Waals surface area contributed by atoms with Crippen LogP contribution in [0.15, 0.2) is 34.2 Å². The van der Waals surface area contributed by atoms with Gasteiger partial charge in [0.2, 0.25) is 10.0 Å². The highest BCUT2D eigenvalue weighted by molar-refractivity contribution is 7.89. The van der Waals surface area contributed by atoms with Crippen molar-refractivity contribution in [2.24, 2.45) is 4.99 Å². The molecule has 0 amide bonds. The van der Waals surface area contributed by atoms with Crippen LogP contribution in [0.3, 0.4) is 0 Å². The Labute approximate surface area is 182 Å². The summed E-state index contributed by atoms with van der Waals surface area (Å²) in [6, 6.07) is 7.89. The maximum atomic E-state index is 12.6. The largest absolute Gasteiger partial charge is 0.355 e. The zero-order valence-electron chi connectivity index (χ0n) is 18.4. The summed E-state index contributed by atoms with van der Waals surface area (Å²) < 4.78 is 26.8. The predicted molar refractivity (Wildman–Crippen MR) is 122 cm³/mol. The highest BCUT2D eigenvalue weighted by Crippen LogP contribution is 2.21. The van der Waals surface area contributed by atoms with E-state index in [9.17, 15) is 8.42 Å². The quantitative estimate of drug-likeness (QED) is 0.484. The van der Waals surface area contributed by atoms with Crippen LogP contribution < -0.4 is 10.6 Å². The van der Waals surface area contributed by atoms with Gasteiger partial charge in [-0.05, 0) is 56.3 Å². The predicted octanol–water partition coefficient (Wildman–Crippen LogP) is 2.40. The van der Waals surface area contributed by atoms with Gasteiger partial charge in [0, 0.05) is 45.8 Å². The molecule has 168 valence electrons. The lowest BCUT2D eigenvalue weighted by Gasteiger charge is -2.35. The standard InChI is InChI=1S/C22H37N5O2S/c1-3-20-8-4-5-14-26(20)17-13-24-22(23-2)25-18-19-9-11-21(12-10-19)30(28,29)27-15-6-7-16-27/h9-12,20H,3-8,13-18H2,1-2H3,(H2,23,24,25). The fourth-order valence-electron chi connectivity index (χ4n) is 4.40. The van der Waals surface area contributed by atoms with Crippen LogP contribution in [0.1, 0.15) is 51.0 Å². The van der Waals surface area contributed by atoms with Crippen molar-refractivity contribution in [2.45, 2.75) is 62.9 Å². The Hall–Kier alpha value is -1.64. The summed E-state index contributed by atoms with van der Waals surface area (Å²) in [5.74, 6) is 0.772. The number of nitrogens with zero attached hydrogens (tertiary/aromatic N) is 3. The second-order valence-electron chi connectivity index (χ2n) is 8.20. The third kappa shape index (κ3) is 5.95. The second-order valence-corrected chi connectivity index (χ2v) is 10.1. The minimum Gasteiger partial charge on any atom is -0.355 e. The van der Waals surface area contributed by atoms with Gasteiger partial charge in [-0.1, -0.05) is 25.5 Å². The molecular formula is C22H37N5O2S. The van der Waals surface area contributed by atoms with Crippen molar-refractivity contribution in [3.8, 4) is 0 Å². The van der Waals surface area contributed by atoms with E-state index in [2.05, 4.69) is 27.4 Å². The summed E-state index contributed by atoms with van der Waals surface area (Å²) in [5, 5.41) is 6.72. The minimum absolute atomic E-state index is 0.377. The molecule has 2 aliphatic heterocycles. The average molecular weight is 436 g/mol. The number of guanidine groups is 1. The van der Waals surface area contributed by atoms with Crippen LogP contribution in [-0.4, -0.2) is 69.4 Å². The molecule has 7 nitrogen and oxygen atoms in total. The van der Waals surface area contributed by atoms with Crippen LogP contribution in [0.2, 0.25) is 0 Å². The summed E-state index contributed by atoms with van der Waals surface area (Å²) in [4.78, 5) is 7.27. The Bertz CT molecular complexity index is 788. The van der Waals surface area contributed by atoms with E-state index >= 15 is 0 Å². The molecule has 1 aromatic carbocycles. The lowest BCUT2D eigenvalue weighted by molar-refractivity contribution is 0.147. The van der Waals surface area contributed by atoms with E-state index in [1.165, 1.54) is 32.2 Å². The lowest BCUT2D eigenvalue weighted by atomic mass is 10.0. The van der Waals surface area contributed by atoms with E-state index in [1.54, 1.807) is 23.5 Å². The molecule has 0 spiro atoms. The smallest absolute Gasteiger partial charge is 0.243 e. The molecule has 30 heavy (non-hydrogen) atoms. The molecule has 1 aromatic rings. The number of likely N-dealkylation sites (tertiary alicyclic amines) is 1. The number of benzene rings is 1. The monoisotopic (exact) mass is 435 g/mol. The molecular weight excluding hydrogens is 398 g/mol. The highest BCUT2D eigenvalue weighted by Gasteiger charge is 2.26. The van der Waals surface area contributed by atoms with Crippen molar-refractivity contribution >= 4 is 16.0 Å². The molecule has 0 aliphatic carbocycles. The van der Waals surface area contributed by atoms with Crippen LogP contribution in [0.5, 0.6) is 0 Å². The van der Waals surface area contributed by atoms with Crippen LogP contribution in [0, 0.1) is 0 Å². The normalized spacial score (nSPS) is 21.7. The topological polar surface area (TPSA) is 77.0 Å². The van der Waals surface area contributed by atoms with Crippen molar-refractivity contribution in [3.63, 3.8) is 0 Å². The molecule has 0 bridgehead atoms. The first-order valence-electron chi connectivity index (χ1n) is 11.3. The Morgan fingerprint density at radius 3 is 2.43 bits per heavy atom. The molecule has 1 unspecified atom stereocenters. The van der Waals surface area contributed by atoms with Gasteiger partial charge >= 0.3 is 0 Å². The first kappa shape index (κ1) is 23.0. The number of hydrogen-bond donors (Lipinski definition) is 2. The number of nitrogens with one attached hydrogen (secondary N) is 2. The fraction of sp³-hybridized carbons (Fsp3) is 0.682. The molecule has 3 rings (SSSR count). The summed E-state index contributed by atoms with van der Waals surface area (Å²) in [6.45, 7) is 7.22. The molecule has 2 N–H and O–H groups in total. The van der Waals surface area contributed by atoms with Crippen LogP contribution in [0.25, 0.3) is 0 Å². The van der Waals surface area contributed by atoms with E-state index in [0.717, 1.165) is 37.5 Å². The minimum atomic E-state index is -3.35. The number of rotatable bonds is 8. The van der Waals surface area contributed by atoms with Gasteiger partial charge in [0.1, 0.15) is 0 Å². The zero-order valence-corrected chi connectivity index (χ0v) is 19.3. The van der Waals surface area contributed by atoms with Gasteiger partial charge in [0.05, 0.1) is 4.90 Å². The van der Waals surface area contributed by atoms with Gasteiger partial charge in [-0.3, -0.25) is 9.89 Å². The van der Waals surface area contributed by atoms with Crippen molar-refractivity contribution < 1.29 is 8.42 Å². The number of sulfonamides is 1. The van der Waals surface area contributed by atoms with Gasteiger partial charge in [-0.25, -0.2) is 8.42 Å².